The Labute approximate surface area is 111 Å². The molecule has 0 aromatic heterocycles. The average molecular weight is 256 g/mol. The molecule has 1 rings (SSSR count). The lowest BCUT2D eigenvalue weighted by atomic mass is 9.80. The molecule has 0 bridgehead atoms. The van der Waals surface area contributed by atoms with E-state index in [0.29, 0.717) is 12.8 Å². The summed E-state index contributed by atoms with van der Waals surface area (Å²) in [5.74, 6) is 0.121. The molecule has 0 spiro atoms. The van der Waals surface area contributed by atoms with Crippen molar-refractivity contribution in [3.63, 3.8) is 0 Å². The summed E-state index contributed by atoms with van der Waals surface area (Å²) < 4.78 is 0. The standard InChI is InChI=1S/C14H28N2O2/c1-16(2)14(9-5-3-6-10-14)12-15-13(18)8-4-7-11-17/h17H,3-12H2,1-2H3,(H,15,18). The van der Waals surface area contributed by atoms with E-state index in [1.54, 1.807) is 0 Å². The number of nitrogens with zero attached hydrogens (tertiary/aromatic N) is 1. The summed E-state index contributed by atoms with van der Waals surface area (Å²) in [6.07, 6.45) is 8.22. The van der Waals surface area contributed by atoms with Gasteiger partial charge in [-0.25, -0.2) is 0 Å². The van der Waals surface area contributed by atoms with Gasteiger partial charge in [0.05, 0.1) is 0 Å². The highest BCUT2D eigenvalue weighted by atomic mass is 16.2. The SMILES string of the molecule is CN(C)C1(CNC(=O)CCCCO)CCCCC1. The predicted octanol–water partition coefficient (Wildman–Crippen LogP) is 1.53. The molecular formula is C14H28N2O2. The zero-order chi connectivity index (χ0) is 13.4. The van der Waals surface area contributed by atoms with Gasteiger partial charge in [-0.05, 0) is 39.8 Å². The van der Waals surface area contributed by atoms with Gasteiger partial charge in [-0.2, -0.15) is 0 Å². The smallest absolute Gasteiger partial charge is 0.220 e. The third kappa shape index (κ3) is 4.58. The Morgan fingerprint density at radius 2 is 1.89 bits per heavy atom. The van der Waals surface area contributed by atoms with Gasteiger partial charge < -0.3 is 15.3 Å². The Bertz CT molecular complexity index is 248. The second-order valence-electron chi connectivity index (χ2n) is 5.64. The second-order valence-corrected chi connectivity index (χ2v) is 5.64. The molecule has 0 aliphatic heterocycles. The molecule has 18 heavy (non-hydrogen) atoms. The van der Waals surface area contributed by atoms with Crippen molar-refractivity contribution in [2.75, 3.05) is 27.2 Å². The van der Waals surface area contributed by atoms with Gasteiger partial charge in [-0.3, -0.25) is 4.79 Å². The molecule has 4 heteroatoms. The van der Waals surface area contributed by atoms with Crippen molar-refractivity contribution < 1.29 is 9.90 Å². The minimum atomic E-state index is 0.121. The van der Waals surface area contributed by atoms with Crippen LogP contribution in [0.4, 0.5) is 0 Å². The first-order valence-corrected chi connectivity index (χ1v) is 7.16. The summed E-state index contributed by atoms with van der Waals surface area (Å²) in [5.41, 5.74) is 0.158. The first kappa shape index (κ1) is 15.4. The fourth-order valence-electron chi connectivity index (χ4n) is 2.74. The molecule has 4 nitrogen and oxygen atoms in total. The third-order valence-corrected chi connectivity index (χ3v) is 4.16. The Balaban J connectivity index is 2.35. The number of carbonyl (C=O) groups excluding carboxylic acids is 1. The topological polar surface area (TPSA) is 52.6 Å². The maximum Gasteiger partial charge on any atom is 0.220 e. The molecule has 1 amide bonds. The number of aliphatic hydroxyl groups is 1. The number of unbranched alkanes of at least 4 members (excludes halogenated alkanes) is 1. The van der Waals surface area contributed by atoms with E-state index in [1.165, 1.54) is 32.1 Å². The Morgan fingerprint density at radius 1 is 1.22 bits per heavy atom. The van der Waals surface area contributed by atoms with Gasteiger partial charge in [-0.15, -0.1) is 0 Å². The van der Waals surface area contributed by atoms with Gasteiger partial charge in [0.2, 0.25) is 5.91 Å². The van der Waals surface area contributed by atoms with Crippen LogP contribution < -0.4 is 5.32 Å². The first-order chi connectivity index (χ1) is 8.60. The second kappa shape index (κ2) is 7.74. The van der Waals surface area contributed by atoms with Crippen LogP contribution in [0.3, 0.4) is 0 Å². The number of likely N-dealkylation sites (N-methyl/N-ethyl adjacent to an activating group) is 1. The molecule has 0 radical (unpaired) electrons. The van der Waals surface area contributed by atoms with Crippen LogP contribution in [0.15, 0.2) is 0 Å². The quantitative estimate of drug-likeness (QED) is 0.679. The van der Waals surface area contributed by atoms with Crippen molar-refractivity contribution in [3.05, 3.63) is 0 Å². The van der Waals surface area contributed by atoms with Crippen LogP contribution in [0.2, 0.25) is 0 Å². The van der Waals surface area contributed by atoms with Crippen molar-refractivity contribution >= 4 is 5.91 Å². The molecule has 1 saturated carbocycles. The van der Waals surface area contributed by atoms with Crippen LogP contribution >= 0.6 is 0 Å². The van der Waals surface area contributed by atoms with Gasteiger partial charge >= 0.3 is 0 Å². The van der Waals surface area contributed by atoms with Crippen molar-refractivity contribution in [2.45, 2.75) is 56.9 Å². The maximum atomic E-state index is 11.7. The summed E-state index contributed by atoms with van der Waals surface area (Å²) in [6.45, 7) is 0.937. The largest absolute Gasteiger partial charge is 0.396 e. The number of rotatable bonds is 7. The fourth-order valence-corrected chi connectivity index (χ4v) is 2.74. The van der Waals surface area contributed by atoms with Crippen molar-refractivity contribution in [2.24, 2.45) is 0 Å². The van der Waals surface area contributed by atoms with E-state index in [0.717, 1.165) is 13.0 Å². The van der Waals surface area contributed by atoms with Gasteiger partial charge in [0.1, 0.15) is 0 Å². The first-order valence-electron chi connectivity index (χ1n) is 7.16. The molecule has 0 aromatic rings. The minimum absolute atomic E-state index is 0.121. The average Bonchev–Trinajstić information content (AvgIpc) is 2.37. The lowest BCUT2D eigenvalue weighted by Crippen LogP contribution is -2.53. The van der Waals surface area contributed by atoms with Crippen LogP contribution in [0.1, 0.15) is 51.4 Å². The molecule has 106 valence electrons. The number of amides is 1. The van der Waals surface area contributed by atoms with Crippen molar-refractivity contribution in [1.29, 1.82) is 0 Å². The monoisotopic (exact) mass is 256 g/mol. The van der Waals surface area contributed by atoms with E-state index >= 15 is 0 Å². The molecule has 0 aromatic carbocycles. The normalized spacial score (nSPS) is 18.9. The zero-order valence-corrected chi connectivity index (χ0v) is 11.9. The summed E-state index contributed by atoms with van der Waals surface area (Å²) in [6, 6.07) is 0. The van der Waals surface area contributed by atoms with E-state index in [2.05, 4.69) is 24.3 Å². The van der Waals surface area contributed by atoms with Crippen LogP contribution in [-0.2, 0) is 4.79 Å². The molecular weight excluding hydrogens is 228 g/mol. The van der Waals surface area contributed by atoms with E-state index in [4.69, 9.17) is 5.11 Å². The van der Waals surface area contributed by atoms with Crippen molar-refractivity contribution in [3.8, 4) is 0 Å². The summed E-state index contributed by atoms with van der Waals surface area (Å²) in [7, 11) is 4.23. The van der Waals surface area contributed by atoms with E-state index in [9.17, 15) is 4.79 Å². The van der Waals surface area contributed by atoms with E-state index < -0.39 is 0 Å². The molecule has 0 saturated heterocycles. The highest BCUT2D eigenvalue weighted by Gasteiger charge is 2.34. The van der Waals surface area contributed by atoms with E-state index in [1.807, 2.05) is 0 Å². The van der Waals surface area contributed by atoms with Crippen LogP contribution in [0.25, 0.3) is 0 Å². The van der Waals surface area contributed by atoms with Gasteiger partial charge in [0.15, 0.2) is 0 Å². The summed E-state index contributed by atoms with van der Waals surface area (Å²) >= 11 is 0. The minimum Gasteiger partial charge on any atom is -0.396 e. The number of aliphatic hydroxyl groups excluding tert-OH is 1. The Hall–Kier alpha value is -0.610. The lowest BCUT2D eigenvalue weighted by molar-refractivity contribution is -0.122. The molecule has 1 aliphatic carbocycles. The molecule has 0 heterocycles. The molecule has 2 N–H and O–H groups in total. The molecule has 0 unspecified atom stereocenters. The number of hydrogen-bond donors (Lipinski definition) is 2. The van der Waals surface area contributed by atoms with Crippen LogP contribution in [-0.4, -0.2) is 48.7 Å². The van der Waals surface area contributed by atoms with Crippen molar-refractivity contribution in [1.82, 2.24) is 10.2 Å². The van der Waals surface area contributed by atoms with Gasteiger partial charge in [-0.1, -0.05) is 19.3 Å². The molecule has 0 atom stereocenters. The van der Waals surface area contributed by atoms with Gasteiger partial charge in [0.25, 0.3) is 0 Å². The molecule has 1 aliphatic rings. The number of carbonyl (C=O) groups is 1. The Kier molecular flexibility index (Phi) is 6.65. The molecule has 1 fully saturated rings. The van der Waals surface area contributed by atoms with Gasteiger partial charge in [0, 0.05) is 25.1 Å². The van der Waals surface area contributed by atoms with E-state index in [-0.39, 0.29) is 18.1 Å². The fraction of sp³-hybridized carbons (Fsp3) is 0.929. The lowest BCUT2D eigenvalue weighted by Gasteiger charge is -2.43. The third-order valence-electron chi connectivity index (χ3n) is 4.16. The summed E-state index contributed by atoms with van der Waals surface area (Å²) in [5, 5.41) is 11.8. The van der Waals surface area contributed by atoms with Crippen LogP contribution in [0, 0.1) is 0 Å². The Morgan fingerprint density at radius 3 is 2.44 bits per heavy atom. The maximum absolute atomic E-state index is 11.7. The number of nitrogens with one attached hydrogen (secondary N) is 1. The highest BCUT2D eigenvalue weighted by molar-refractivity contribution is 5.75. The zero-order valence-electron chi connectivity index (χ0n) is 11.9. The highest BCUT2D eigenvalue weighted by Crippen LogP contribution is 2.31. The number of hydrogen-bond acceptors (Lipinski definition) is 3. The van der Waals surface area contributed by atoms with Crippen LogP contribution in [0.5, 0.6) is 0 Å². The predicted molar refractivity (Wildman–Crippen MR) is 73.4 cm³/mol. The summed E-state index contributed by atoms with van der Waals surface area (Å²) in [4.78, 5) is 14.0.